The zero-order valence-corrected chi connectivity index (χ0v) is 10.4. The average molecular weight is 269 g/mol. The molecule has 0 aliphatic rings. The van der Waals surface area contributed by atoms with Gasteiger partial charge in [0.25, 0.3) is 5.91 Å². The number of nitrogens with zero attached hydrogens (tertiary/aromatic N) is 2. The van der Waals surface area contributed by atoms with E-state index in [2.05, 4.69) is 15.5 Å². The summed E-state index contributed by atoms with van der Waals surface area (Å²) in [6, 6.07) is 11.1. The minimum absolute atomic E-state index is 0.194. The van der Waals surface area contributed by atoms with Gasteiger partial charge >= 0.3 is 5.97 Å². The summed E-state index contributed by atoms with van der Waals surface area (Å²) in [5.41, 5.74) is 3.48. The fourth-order valence-corrected chi connectivity index (χ4v) is 1.43. The Labute approximate surface area is 114 Å². The van der Waals surface area contributed by atoms with E-state index in [0.29, 0.717) is 5.56 Å². The maximum atomic E-state index is 11.6. The summed E-state index contributed by atoms with van der Waals surface area (Å²) in [5, 5.41) is 12.5. The Balaban J connectivity index is 1.96. The van der Waals surface area contributed by atoms with E-state index >= 15 is 0 Å². The van der Waals surface area contributed by atoms with Crippen LogP contribution in [0.4, 0.5) is 0 Å². The van der Waals surface area contributed by atoms with Crippen LogP contribution in [0.15, 0.2) is 53.8 Å². The Morgan fingerprint density at radius 3 is 2.50 bits per heavy atom. The number of hydrogen-bond acceptors (Lipinski definition) is 4. The van der Waals surface area contributed by atoms with E-state index in [4.69, 9.17) is 5.11 Å². The highest BCUT2D eigenvalue weighted by atomic mass is 16.4. The lowest BCUT2D eigenvalue weighted by molar-refractivity contribution is 0.0696. The Hall–Kier alpha value is -3.02. The van der Waals surface area contributed by atoms with Gasteiger partial charge in [0, 0.05) is 6.20 Å². The van der Waals surface area contributed by atoms with Gasteiger partial charge in [-0.25, -0.2) is 10.2 Å². The highest BCUT2D eigenvalue weighted by Gasteiger charge is 2.03. The number of carbonyl (C=O) groups is 2. The zero-order valence-electron chi connectivity index (χ0n) is 10.4. The molecule has 0 saturated carbocycles. The normalized spacial score (nSPS) is 10.4. The number of aromatic carboxylic acids is 1. The minimum Gasteiger partial charge on any atom is -0.478 e. The quantitative estimate of drug-likeness (QED) is 0.650. The molecule has 1 amide bonds. The molecule has 2 aromatic rings. The van der Waals surface area contributed by atoms with Crippen LogP contribution in [0.5, 0.6) is 0 Å². The summed E-state index contributed by atoms with van der Waals surface area (Å²) in [6.07, 6.45) is 2.94. The molecule has 20 heavy (non-hydrogen) atoms. The maximum absolute atomic E-state index is 11.6. The van der Waals surface area contributed by atoms with Crippen LogP contribution >= 0.6 is 0 Å². The predicted molar refractivity (Wildman–Crippen MR) is 72.7 cm³/mol. The van der Waals surface area contributed by atoms with Crippen molar-refractivity contribution >= 4 is 18.1 Å². The van der Waals surface area contributed by atoms with Crippen LogP contribution in [0, 0.1) is 0 Å². The first-order valence-electron chi connectivity index (χ1n) is 5.74. The molecule has 100 valence electrons. The zero-order chi connectivity index (χ0) is 14.4. The molecule has 0 saturated heterocycles. The van der Waals surface area contributed by atoms with Crippen LogP contribution in [0.2, 0.25) is 0 Å². The summed E-state index contributed by atoms with van der Waals surface area (Å²) >= 11 is 0. The fraction of sp³-hybridized carbons (Fsp3) is 0. The van der Waals surface area contributed by atoms with Crippen molar-refractivity contribution in [3.63, 3.8) is 0 Å². The van der Waals surface area contributed by atoms with Crippen molar-refractivity contribution in [2.45, 2.75) is 0 Å². The van der Waals surface area contributed by atoms with Gasteiger partial charge in [-0.2, -0.15) is 5.10 Å². The molecule has 0 fully saturated rings. The molecule has 0 bridgehead atoms. The summed E-state index contributed by atoms with van der Waals surface area (Å²) in [5.74, 6) is -1.40. The lowest BCUT2D eigenvalue weighted by Crippen LogP contribution is -2.18. The number of rotatable bonds is 4. The monoisotopic (exact) mass is 269 g/mol. The topological polar surface area (TPSA) is 91.6 Å². The van der Waals surface area contributed by atoms with Crippen molar-refractivity contribution in [2.75, 3.05) is 0 Å². The van der Waals surface area contributed by atoms with Crippen molar-refractivity contribution in [1.82, 2.24) is 10.4 Å². The molecule has 0 spiro atoms. The van der Waals surface area contributed by atoms with Crippen LogP contribution in [-0.4, -0.2) is 28.2 Å². The second kappa shape index (κ2) is 6.24. The molecule has 1 aromatic heterocycles. The van der Waals surface area contributed by atoms with Crippen molar-refractivity contribution in [3.05, 3.63) is 65.5 Å². The number of pyridine rings is 1. The number of carboxylic acids is 1. The largest absolute Gasteiger partial charge is 0.478 e. The van der Waals surface area contributed by atoms with E-state index in [1.54, 1.807) is 30.3 Å². The molecular weight excluding hydrogens is 258 g/mol. The minimum atomic E-state index is -0.989. The molecular formula is C14H11N3O3. The van der Waals surface area contributed by atoms with Crippen molar-refractivity contribution in [3.8, 4) is 0 Å². The SMILES string of the molecule is O=C(O)c1ccc(/C=N/NC(=O)c2ccccn2)cc1. The summed E-state index contributed by atoms with van der Waals surface area (Å²) < 4.78 is 0. The Morgan fingerprint density at radius 1 is 1.15 bits per heavy atom. The van der Waals surface area contributed by atoms with Crippen LogP contribution in [0.3, 0.4) is 0 Å². The van der Waals surface area contributed by atoms with E-state index in [1.165, 1.54) is 24.5 Å². The first-order chi connectivity index (χ1) is 9.66. The number of amides is 1. The standard InChI is InChI=1S/C14H11N3O3/c18-13(12-3-1-2-8-15-12)17-16-9-10-4-6-11(7-5-10)14(19)20/h1-9H,(H,17,18)(H,19,20)/b16-9+. The van der Waals surface area contributed by atoms with E-state index in [-0.39, 0.29) is 11.3 Å². The molecule has 6 nitrogen and oxygen atoms in total. The van der Waals surface area contributed by atoms with Crippen LogP contribution in [-0.2, 0) is 0 Å². The molecule has 0 atom stereocenters. The first kappa shape index (κ1) is 13.4. The molecule has 6 heteroatoms. The number of nitrogens with one attached hydrogen (secondary N) is 1. The first-order valence-corrected chi connectivity index (χ1v) is 5.74. The number of hydrogen-bond donors (Lipinski definition) is 2. The van der Waals surface area contributed by atoms with Crippen molar-refractivity contribution in [1.29, 1.82) is 0 Å². The van der Waals surface area contributed by atoms with Crippen molar-refractivity contribution < 1.29 is 14.7 Å². The van der Waals surface area contributed by atoms with Gasteiger partial charge in [-0.1, -0.05) is 18.2 Å². The lowest BCUT2D eigenvalue weighted by Gasteiger charge is -1.98. The smallest absolute Gasteiger partial charge is 0.335 e. The van der Waals surface area contributed by atoms with Gasteiger partial charge in [-0.15, -0.1) is 0 Å². The van der Waals surface area contributed by atoms with Gasteiger partial charge in [-0.3, -0.25) is 9.78 Å². The second-order valence-electron chi connectivity index (χ2n) is 3.84. The predicted octanol–water partition coefficient (Wildman–Crippen LogP) is 1.54. The average Bonchev–Trinajstić information content (AvgIpc) is 2.48. The lowest BCUT2D eigenvalue weighted by atomic mass is 10.1. The van der Waals surface area contributed by atoms with E-state index in [1.807, 2.05) is 0 Å². The third kappa shape index (κ3) is 3.49. The van der Waals surface area contributed by atoms with Gasteiger partial charge in [0.1, 0.15) is 5.69 Å². The molecule has 0 unspecified atom stereocenters. The number of aromatic nitrogens is 1. The third-order valence-electron chi connectivity index (χ3n) is 2.43. The molecule has 0 radical (unpaired) electrons. The van der Waals surface area contributed by atoms with Crippen LogP contribution in [0.25, 0.3) is 0 Å². The van der Waals surface area contributed by atoms with E-state index < -0.39 is 11.9 Å². The maximum Gasteiger partial charge on any atom is 0.335 e. The second-order valence-corrected chi connectivity index (χ2v) is 3.84. The van der Waals surface area contributed by atoms with Gasteiger partial charge in [0.05, 0.1) is 11.8 Å². The van der Waals surface area contributed by atoms with Crippen molar-refractivity contribution in [2.24, 2.45) is 5.10 Å². The number of hydrazone groups is 1. The highest BCUT2D eigenvalue weighted by Crippen LogP contribution is 2.02. The van der Waals surface area contributed by atoms with Crippen LogP contribution < -0.4 is 5.43 Å². The molecule has 1 aromatic carbocycles. The molecule has 0 aliphatic carbocycles. The Kier molecular flexibility index (Phi) is 4.18. The van der Waals surface area contributed by atoms with Gasteiger partial charge in [-0.05, 0) is 29.8 Å². The summed E-state index contributed by atoms with van der Waals surface area (Å²) in [4.78, 5) is 26.2. The Morgan fingerprint density at radius 2 is 1.90 bits per heavy atom. The molecule has 2 rings (SSSR count). The summed E-state index contributed by atoms with van der Waals surface area (Å²) in [7, 11) is 0. The Bertz CT molecular complexity index is 636. The number of benzene rings is 1. The number of carbonyl (C=O) groups excluding carboxylic acids is 1. The van der Waals surface area contributed by atoms with Gasteiger partial charge in [0.2, 0.25) is 0 Å². The fourth-order valence-electron chi connectivity index (χ4n) is 1.43. The van der Waals surface area contributed by atoms with E-state index in [0.717, 1.165) is 0 Å². The third-order valence-corrected chi connectivity index (χ3v) is 2.43. The molecule has 2 N–H and O–H groups in total. The molecule has 0 aliphatic heterocycles. The van der Waals surface area contributed by atoms with Crippen LogP contribution in [0.1, 0.15) is 26.4 Å². The number of carboxylic acid groups (broad SMARTS) is 1. The van der Waals surface area contributed by atoms with E-state index in [9.17, 15) is 9.59 Å². The van der Waals surface area contributed by atoms with Gasteiger partial charge < -0.3 is 5.11 Å². The highest BCUT2D eigenvalue weighted by molar-refractivity contribution is 5.93. The van der Waals surface area contributed by atoms with Gasteiger partial charge in [0.15, 0.2) is 0 Å². The summed E-state index contributed by atoms with van der Waals surface area (Å²) in [6.45, 7) is 0. The molecule has 1 heterocycles.